The third kappa shape index (κ3) is 5.72. The highest BCUT2D eigenvalue weighted by molar-refractivity contribution is 5.95. The molecule has 2 amide bonds. The van der Waals surface area contributed by atoms with E-state index >= 15 is 0 Å². The first-order valence-corrected chi connectivity index (χ1v) is 10.0. The van der Waals surface area contributed by atoms with Gasteiger partial charge in [0.15, 0.2) is 18.1 Å². The summed E-state index contributed by atoms with van der Waals surface area (Å²) in [6, 6.07) is 11.4. The molecule has 1 fully saturated rings. The molecule has 160 valence electrons. The molecule has 0 bridgehead atoms. The quantitative estimate of drug-likeness (QED) is 0.682. The van der Waals surface area contributed by atoms with Crippen molar-refractivity contribution in [3.05, 3.63) is 59.4 Å². The van der Waals surface area contributed by atoms with E-state index < -0.39 is 0 Å². The Kier molecular flexibility index (Phi) is 6.92. The largest absolute Gasteiger partial charge is 0.493 e. The van der Waals surface area contributed by atoms with Crippen molar-refractivity contribution in [3.8, 4) is 11.5 Å². The van der Waals surface area contributed by atoms with Crippen LogP contribution in [-0.4, -0.2) is 42.5 Å². The highest BCUT2D eigenvalue weighted by Crippen LogP contribution is 2.33. The lowest BCUT2D eigenvalue weighted by Crippen LogP contribution is -2.34. The molecule has 0 unspecified atom stereocenters. The molecule has 0 heterocycles. The molecule has 1 aliphatic carbocycles. The zero-order valence-corrected chi connectivity index (χ0v) is 17.5. The van der Waals surface area contributed by atoms with Crippen LogP contribution in [0.3, 0.4) is 0 Å². The number of carbonyl (C=O) groups is 2. The highest BCUT2D eigenvalue weighted by atomic mass is 19.1. The Morgan fingerprint density at radius 3 is 2.57 bits per heavy atom. The van der Waals surface area contributed by atoms with Crippen molar-refractivity contribution < 1.29 is 23.5 Å². The number of hydrogen-bond acceptors (Lipinski definition) is 4. The van der Waals surface area contributed by atoms with Crippen molar-refractivity contribution in [3.63, 3.8) is 0 Å². The number of rotatable bonds is 9. The van der Waals surface area contributed by atoms with Crippen molar-refractivity contribution in [2.75, 3.05) is 13.7 Å². The zero-order valence-electron chi connectivity index (χ0n) is 17.5. The average Bonchev–Trinajstić information content (AvgIpc) is 3.54. The second-order valence-electron chi connectivity index (χ2n) is 7.67. The maximum absolute atomic E-state index is 13.5. The Morgan fingerprint density at radius 2 is 1.93 bits per heavy atom. The Morgan fingerprint density at radius 1 is 1.17 bits per heavy atom. The van der Waals surface area contributed by atoms with E-state index in [4.69, 9.17) is 9.47 Å². The summed E-state index contributed by atoms with van der Waals surface area (Å²) in [6.07, 6.45) is 1.87. The van der Waals surface area contributed by atoms with Crippen molar-refractivity contribution in [1.82, 2.24) is 10.2 Å². The normalized spacial score (nSPS) is 13.1. The smallest absolute Gasteiger partial charge is 0.258 e. The van der Waals surface area contributed by atoms with Gasteiger partial charge in [-0.25, -0.2) is 4.39 Å². The van der Waals surface area contributed by atoms with E-state index in [0.29, 0.717) is 23.6 Å². The molecule has 1 aliphatic rings. The Hall–Kier alpha value is -3.09. The molecule has 0 aromatic heterocycles. The SMILES string of the molecule is COc1cc(C(=O)N(Cc2cccc(F)c2)C2CC2)ccc1OCC(=O)NC(C)C. The number of carbonyl (C=O) groups excluding carboxylic acids is 2. The predicted octanol–water partition coefficient (Wildman–Crippen LogP) is 3.54. The van der Waals surface area contributed by atoms with Crippen LogP contribution in [0.15, 0.2) is 42.5 Å². The van der Waals surface area contributed by atoms with Crippen LogP contribution in [0.4, 0.5) is 4.39 Å². The lowest BCUT2D eigenvalue weighted by molar-refractivity contribution is -0.123. The first-order chi connectivity index (χ1) is 14.4. The van der Waals surface area contributed by atoms with Crippen molar-refractivity contribution >= 4 is 11.8 Å². The van der Waals surface area contributed by atoms with Gasteiger partial charge in [0.25, 0.3) is 11.8 Å². The van der Waals surface area contributed by atoms with Crippen molar-refractivity contribution in [2.24, 2.45) is 0 Å². The van der Waals surface area contributed by atoms with Gasteiger partial charge in [0, 0.05) is 24.2 Å². The van der Waals surface area contributed by atoms with Gasteiger partial charge < -0.3 is 19.7 Å². The number of nitrogens with one attached hydrogen (secondary N) is 1. The monoisotopic (exact) mass is 414 g/mol. The number of benzene rings is 2. The summed E-state index contributed by atoms with van der Waals surface area (Å²) in [7, 11) is 1.48. The zero-order chi connectivity index (χ0) is 21.7. The molecular weight excluding hydrogens is 387 g/mol. The standard InChI is InChI=1S/C23H27FN2O4/c1-15(2)25-22(27)14-30-20-10-7-17(12-21(20)29-3)23(28)26(19-8-9-19)13-16-5-4-6-18(24)11-16/h4-7,10-12,15,19H,8-9,13-14H2,1-3H3,(H,25,27). The van der Waals surface area contributed by atoms with E-state index in [1.54, 1.807) is 29.2 Å². The van der Waals surface area contributed by atoms with Gasteiger partial charge >= 0.3 is 0 Å². The second-order valence-corrected chi connectivity index (χ2v) is 7.67. The summed E-state index contributed by atoms with van der Waals surface area (Å²) in [5.41, 5.74) is 1.20. The van der Waals surface area contributed by atoms with Gasteiger partial charge in [-0.1, -0.05) is 12.1 Å². The van der Waals surface area contributed by atoms with Crippen LogP contribution in [0.5, 0.6) is 11.5 Å². The molecular formula is C23H27FN2O4. The number of halogens is 1. The topological polar surface area (TPSA) is 67.9 Å². The molecule has 0 saturated heterocycles. The highest BCUT2D eigenvalue weighted by Gasteiger charge is 2.33. The fourth-order valence-electron chi connectivity index (χ4n) is 3.18. The van der Waals surface area contributed by atoms with Gasteiger partial charge in [-0.3, -0.25) is 9.59 Å². The van der Waals surface area contributed by atoms with Gasteiger partial charge in [0.05, 0.1) is 7.11 Å². The van der Waals surface area contributed by atoms with E-state index in [1.165, 1.54) is 19.2 Å². The number of nitrogens with zero attached hydrogens (tertiary/aromatic N) is 1. The average molecular weight is 414 g/mol. The second kappa shape index (κ2) is 9.61. The van der Waals surface area contributed by atoms with Crippen LogP contribution < -0.4 is 14.8 Å². The molecule has 0 spiro atoms. The minimum atomic E-state index is -0.319. The fraction of sp³-hybridized carbons (Fsp3) is 0.391. The number of hydrogen-bond donors (Lipinski definition) is 1. The first kappa shape index (κ1) is 21.6. The number of amides is 2. The molecule has 0 aliphatic heterocycles. The number of ether oxygens (including phenoxy) is 2. The summed E-state index contributed by atoms with van der Waals surface area (Å²) >= 11 is 0. The third-order valence-electron chi connectivity index (χ3n) is 4.71. The molecule has 30 heavy (non-hydrogen) atoms. The molecule has 0 atom stereocenters. The van der Waals surface area contributed by atoms with Crippen molar-refractivity contribution in [1.29, 1.82) is 0 Å². The van der Waals surface area contributed by atoms with Gasteiger partial charge in [-0.15, -0.1) is 0 Å². The minimum Gasteiger partial charge on any atom is -0.493 e. The Labute approximate surface area is 176 Å². The summed E-state index contributed by atoms with van der Waals surface area (Å²) in [5, 5.41) is 2.75. The van der Waals surface area contributed by atoms with Gasteiger partial charge in [-0.05, 0) is 62.6 Å². The molecule has 6 nitrogen and oxygen atoms in total. The maximum Gasteiger partial charge on any atom is 0.258 e. The molecule has 2 aromatic rings. The molecule has 3 rings (SSSR count). The summed E-state index contributed by atoms with van der Waals surface area (Å²) in [5.74, 6) is 0.0579. The minimum absolute atomic E-state index is 0.0227. The lowest BCUT2D eigenvalue weighted by atomic mass is 10.1. The molecule has 2 aromatic carbocycles. The van der Waals surface area contributed by atoms with E-state index in [2.05, 4.69) is 5.32 Å². The molecule has 0 radical (unpaired) electrons. The van der Waals surface area contributed by atoms with Crippen LogP contribution in [0, 0.1) is 5.82 Å². The first-order valence-electron chi connectivity index (χ1n) is 10.0. The van der Waals surface area contributed by atoms with Gasteiger partial charge in [-0.2, -0.15) is 0 Å². The van der Waals surface area contributed by atoms with Crippen LogP contribution in [0.2, 0.25) is 0 Å². The van der Waals surface area contributed by atoms with Crippen LogP contribution in [0.25, 0.3) is 0 Å². The third-order valence-corrected chi connectivity index (χ3v) is 4.71. The van der Waals surface area contributed by atoms with E-state index in [0.717, 1.165) is 18.4 Å². The van der Waals surface area contributed by atoms with Gasteiger partial charge in [0.2, 0.25) is 0 Å². The molecule has 1 saturated carbocycles. The molecule has 1 N–H and O–H groups in total. The lowest BCUT2D eigenvalue weighted by Gasteiger charge is -2.23. The maximum atomic E-state index is 13.5. The van der Waals surface area contributed by atoms with Crippen LogP contribution in [0.1, 0.15) is 42.6 Å². The van der Waals surface area contributed by atoms with Crippen LogP contribution >= 0.6 is 0 Å². The Bertz CT molecular complexity index is 912. The summed E-state index contributed by atoms with van der Waals surface area (Å²) < 4.78 is 24.5. The predicted molar refractivity (Wildman–Crippen MR) is 111 cm³/mol. The van der Waals surface area contributed by atoms with E-state index in [9.17, 15) is 14.0 Å². The number of methoxy groups -OCH3 is 1. The van der Waals surface area contributed by atoms with E-state index in [-0.39, 0.29) is 36.3 Å². The Balaban J connectivity index is 1.73. The van der Waals surface area contributed by atoms with E-state index in [1.807, 2.05) is 19.9 Å². The fourth-order valence-corrected chi connectivity index (χ4v) is 3.18. The van der Waals surface area contributed by atoms with Gasteiger partial charge in [0.1, 0.15) is 5.82 Å². The summed E-state index contributed by atoms with van der Waals surface area (Å²) in [4.78, 5) is 26.7. The molecule has 7 heteroatoms. The van der Waals surface area contributed by atoms with Crippen molar-refractivity contribution in [2.45, 2.75) is 45.3 Å². The summed E-state index contributed by atoms with van der Waals surface area (Å²) in [6.45, 7) is 3.94. The van der Waals surface area contributed by atoms with Crippen LogP contribution in [-0.2, 0) is 11.3 Å².